The normalized spacial score (nSPS) is 12.5. The molecule has 0 N–H and O–H groups in total. The van der Waals surface area contributed by atoms with Gasteiger partial charge in [-0.05, 0) is 25.2 Å². The lowest BCUT2D eigenvalue weighted by molar-refractivity contribution is -0.167. The molecule has 0 saturated heterocycles. The van der Waals surface area contributed by atoms with E-state index < -0.39 is 6.10 Å². The monoisotopic (exact) mass is 737 g/mol. The number of rotatable bonds is 41. The second-order valence-electron chi connectivity index (χ2n) is 15.9. The molecular weight excluding hydrogens is 649 g/mol. The molecule has 1 unspecified atom stereocenters. The van der Waals surface area contributed by atoms with Gasteiger partial charge in [-0.1, -0.05) is 214 Å². The Kier molecular flexibility index (Phi) is 39.4. The number of carbonyl (C=O) groups is 3. The number of hydrogen-bond acceptors (Lipinski definition) is 6. The third-order valence-corrected chi connectivity index (χ3v) is 10.7. The highest BCUT2D eigenvalue weighted by Crippen LogP contribution is 2.17. The third kappa shape index (κ3) is 38.1. The molecule has 2 atom stereocenters. The van der Waals surface area contributed by atoms with Crippen LogP contribution in [0.25, 0.3) is 0 Å². The largest absolute Gasteiger partial charge is 0.462 e. The van der Waals surface area contributed by atoms with E-state index in [1.54, 1.807) is 0 Å². The van der Waals surface area contributed by atoms with E-state index >= 15 is 0 Å². The van der Waals surface area contributed by atoms with E-state index in [2.05, 4.69) is 27.7 Å². The van der Waals surface area contributed by atoms with Crippen molar-refractivity contribution in [1.82, 2.24) is 0 Å². The standard InChI is InChI=1S/C46H88O6/c1-5-8-10-12-13-14-15-16-17-18-19-23-26-30-33-37-44(47)50-40-43(52-46(49)39-35-28-11-9-6-2)41-51-45(48)38-34-31-27-24-21-20-22-25-29-32-36-42(4)7-3/h42-43H,5-41H2,1-4H3/t42?,43-/m0/s1. The Morgan fingerprint density at radius 3 is 1.00 bits per heavy atom. The van der Waals surface area contributed by atoms with Gasteiger partial charge in [-0.3, -0.25) is 14.4 Å². The van der Waals surface area contributed by atoms with Gasteiger partial charge in [0.25, 0.3) is 0 Å². The van der Waals surface area contributed by atoms with E-state index in [0.29, 0.717) is 19.3 Å². The van der Waals surface area contributed by atoms with Crippen molar-refractivity contribution in [3.8, 4) is 0 Å². The first-order valence-electron chi connectivity index (χ1n) is 22.9. The van der Waals surface area contributed by atoms with Crippen LogP contribution in [0.3, 0.4) is 0 Å². The number of unbranched alkanes of at least 4 members (excludes halogenated alkanes) is 27. The Bertz CT molecular complexity index is 783. The summed E-state index contributed by atoms with van der Waals surface area (Å²) in [7, 11) is 0. The highest BCUT2D eigenvalue weighted by Gasteiger charge is 2.19. The molecule has 0 aliphatic rings. The Morgan fingerprint density at radius 1 is 0.385 bits per heavy atom. The Hall–Kier alpha value is -1.59. The molecule has 0 saturated carbocycles. The van der Waals surface area contributed by atoms with Crippen molar-refractivity contribution < 1.29 is 28.6 Å². The smallest absolute Gasteiger partial charge is 0.306 e. The summed E-state index contributed by atoms with van der Waals surface area (Å²) in [6, 6.07) is 0. The average molecular weight is 737 g/mol. The van der Waals surface area contributed by atoms with Crippen molar-refractivity contribution in [3.63, 3.8) is 0 Å². The van der Waals surface area contributed by atoms with Gasteiger partial charge in [0, 0.05) is 19.3 Å². The molecule has 0 bridgehead atoms. The molecule has 0 aliphatic carbocycles. The summed E-state index contributed by atoms with van der Waals surface area (Å²) in [6.45, 7) is 8.94. The van der Waals surface area contributed by atoms with Crippen LogP contribution in [-0.4, -0.2) is 37.2 Å². The molecule has 6 nitrogen and oxygen atoms in total. The minimum atomic E-state index is -0.757. The van der Waals surface area contributed by atoms with E-state index in [1.165, 1.54) is 141 Å². The van der Waals surface area contributed by atoms with Gasteiger partial charge >= 0.3 is 17.9 Å². The zero-order chi connectivity index (χ0) is 38.2. The average Bonchev–Trinajstić information content (AvgIpc) is 3.14. The molecule has 0 rings (SSSR count). The van der Waals surface area contributed by atoms with Crippen molar-refractivity contribution in [2.45, 2.75) is 259 Å². The molecule has 0 fully saturated rings. The highest BCUT2D eigenvalue weighted by molar-refractivity contribution is 5.71. The van der Waals surface area contributed by atoms with Gasteiger partial charge in [-0.25, -0.2) is 0 Å². The van der Waals surface area contributed by atoms with Crippen LogP contribution in [0.4, 0.5) is 0 Å². The summed E-state index contributed by atoms with van der Waals surface area (Å²) < 4.78 is 16.6. The predicted octanol–water partition coefficient (Wildman–Crippen LogP) is 14.3. The number of hydrogen-bond donors (Lipinski definition) is 0. The molecule has 0 aliphatic heterocycles. The van der Waals surface area contributed by atoms with Crippen molar-refractivity contribution in [3.05, 3.63) is 0 Å². The fourth-order valence-corrected chi connectivity index (χ4v) is 6.77. The van der Waals surface area contributed by atoms with Crippen LogP contribution in [0, 0.1) is 5.92 Å². The first kappa shape index (κ1) is 50.4. The number of carbonyl (C=O) groups excluding carboxylic acids is 3. The maximum absolute atomic E-state index is 12.5. The molecule has 308 valence electrons. The maximum Gasteiger partial charge on any atom is 0.306 e. The summed E-state index contributed by atoms with van der Waals surface area (Å²) in [5, 5.41) is 0. The zero-order valence-corrected chi connectivity index (χ0v) is 35.3. The van der Waals surface area contributed by atoms with Gasteiger partial charge in [-0.2, -0.15) is 0 Å². The van der Waals surface area contributed by atoms with Gasteiger partial charge in [0.05, 0.1) is 0 Å². The molecular formula is C46H88O6. The van der Waals surface area contributed by atoms with Crippen LogP contribution in [0.15, 0.2) is 0 Å². The quantitative estimate of drug-likeness (QED) is 0.0353. The van der Waals surface area contributed by atoms with Crippen molar-refractivity contribution in [2.75, 3.05) is 13.2 Å². The van der Waals surface area contributed by atoms with Gasteiger partial charge in [0.2, 0.25) is 0 Å². The number of esters is 3. The van der Waals surface area contributed by atoms with E-state index in [9.17, 15) is 14.4 Å². The summed E-state index contributed by atoms with van der Waals surface area (Å²) >= 11 is 0. The molecule has 0 radical (unpaired) electrons. The predicted molar refractivity (Wildman–Crippen MR) is 220 cm³/mol. The summed E-state index contributed by atoms with van der Waals surface area (Å²) in [5.74, 6) is 0.00151. The van der Waals surface area contributed by atoms with E-state index in [0.717, 1.165) is 70.1 Å². The van der Waals surface area contributed by atoms with E-state index in [4.69, 9.17) is 14.2 Å². The van der Waals surface area contributed by atoms with Crippen LogP contribution in [0.2, 0.25) is 0 Å². The van der Waals surface area contributed by atoms with Gasteiger partial charge in [-0.15, -0.1) is 0 Å². The van der Waals surface area contributed by atoms with Crippen molar-refractivity contribution in [1.29, 1.82) is 0 Å². The highest BCUT2D eigenvalue weighted by atomic mass is 16.6. The topological polar surface area (TPSA) is 78.9 Å². The molecule has 0 amide bonds. The van der Waals surface area contributed by atoms with Gasteiger partial charge in [0.1, 0.15) is 13.2 Å². The lowest BCUT2D eigenvalue weighted by Gasteiger charge is -2.18. The first-order valence-corrected chi connectivity index (χ1v) is 22.9. The van der Waals surface area contributed by atoms with Gasteiger partial charge < -0.3 is 14.2 Å². The third-order valence-electron chi connectivity index (χ3n) is 10.7. The fourth-order valence-electron chi connectivity index (χ4n) is 6.77. The molecule has 0 aromatic carbocycles. The second kappa shape index (κ2) is 40.6. The zero-order valence-electron chi connectivity index (χ0n) is 35.3. The van der Waals surface area contributed by atoms with Gasteiger partial charge in [0.15, 0.2) is 6.10 Å². The Labute approximate surface area is 323 Å². The fraction of sp³-hybridized carbons (Fsp3) is 0.935. The molecule has 52 heavy (non-hydrogen) atoms. The number of ether oxygens (including phenoxy) is 3. The van der Waals surface area contributed by atoms with Crippen LogP contribution in [0.1, 0.15) is 252 Å². The van der Waals surface area contributed by atoms with Crippen LogP contribution in [-0.2, 0) is 28.6 Å². The first-order chi connectivity index (χ1) is 25.4. The molecule has 0 aromatic rings. The lowest BCUT2D eigenvalue weighted by Crippen LogP contribution is -2.30. The summed E-state index contributed by atoms with van der Waals surface area (Å²) in [6.07, 6.45) is 39.7. The van der Waals surface area contributed by atoms with Crippen LogP contribution in [0.5, 0.6) is 0 Å². The minimum absolute atomic E-state index is 0.0652. The van der Waals surface area contributed by atoms with E-state index in [-0.39, 0.29) is 31.1 Å². The second-order valence-corrected chi connectivity index (χ2v) is 15.9. The van der Waals surface area contributed by atoms with Crippen LogP contribution >= 0.6 is 0 Å². The Morgan fingerprint density at radius 2 is 0.673 bits per heavy atom. The summed E-state index contributed by atoms with van der Waals surface area (Å²) in [4.78, 5) is 37.5. The molecule has 0 spiro atoms. The van der Waals surface area contributed by atoms with E-state index in [1.807, 2.05) is 0 Å². The van der Waals surface area contributed by atoms with Crippen molar-refractivity contribution >= 4 is 17.9 Å². The molecule has 0 heterocycles. The minimum Gasteiger partial charge on any atom is -0.462 e. The maximum atomic E-state index is 12.5. The summed E-state index contributed by atoms with van der Waals surface area (Å²) in [5.41, 5.74) is 0. The Balaban J connectivity index is 4.14. The van der Waals surface area contributed by atoms with Crippen LogP contribution < -0.4 is 0 Å². The lowest BCUT2D eigenvalue weighted by atomic mass is 9.99. The van der Waals surface area contributed by atoms with Crippen molar-refractivity contribution in [2.24, 2.45) is 5.92 Å². The molecule has 0 aromatic heterocycles. The SMILES string of the molecule is CCCCCCCCCCCCCCCCCC(=O)OC[C@@H](COC(=O)CCCCCCCCCCCCC(C)CC)OC(=O)CCCCCCC. The molecule has 6 heteroatoms.